The normalized spacial score (nSPS) is 28.7. The van der Waals surface area contributed by atoms with Crippen LogP contribution in [0.15, 0.2) is 24.3 Å². The fraction of sp³-hybridized carbons (Fsp3) is 0.700. The summed E-state index contributed by atoms with van der Waals surface area (Å²) in [6.07, 6.45) is 6.10. The van der Waals surface area contributed by atoms with E-state index in [1.165, 1.54) is 5.56 Å². The summed E-state index contributed by atoms with van der Waals surface area (Å²) in [5, 5.41) is 12.2. The Morgan fingerprint density at radius 3 is 2.38 bits per heavy atom. The van der Waals surface area contributed by atoms with E-state index in [0.29, 0.717) is 6.04 Å². The minimum absolute atomic E-state index is 0. The Balaban J connectivity index is 0.00000169. The summed E-state index contributed by atoms with van der Waals surface area (Å²) in [4.78, 5) is 2.48. The van der Waals surface area contributed by atoms with Crippen molar-refractivity contribution in [3.05, 3.63) is 34.9 Å². The molecular weight excluding hydrogens is 391 g/mol. The molecule has 2 aliphatic rings. The second kappa shape index (κ2) is 10.5. The summed E-state index contributed by atoms with van der Waals surface area (Å²) in [6, 6.07) is 8.42. The number of piperidine rings is 1. The van der Waals surface area contributed by atoms with Gasteiger partial charge in [0.2, 0.25) is 0 Å². The molecule has 3 nitrogen and oxygen atoms in total. The van der Waals surface area contributed by atoms with Gasteiger partial charge in [0, 0.05) is 23.5 Å². The van der Waals surface area contributed by atoms with Gasteiger partial charge in [0.15, 0.2) is 0 Å². The van der Waals surface area contributed by atoms with E-state index in [4.69, 9.17) is 17.3 Å². The van der Waals surface area contributed by atoms with Gasteiger partial charge in [-0.3, -0.25) is 0 Å². The van der Waals surface area contributed by atoms with Crippen LogP contribution in [-0.2, 0) is 0 Å². The topological polar surface area (TPSA) is 49.5 Å². The van der Waals surface area contributed by atoms with Crippen LogP contribution in [0.3, 0.4) is 0 Å². The zero-order valence-electron chi connectivity index (χ0n) is 15.6. The second-order valence-corrected chi connectivity index (χ2v) is 8.47. The third-order valence-electron chi connectivity index (χ3n) is 6.11. The van der Waals surface area contributed by atoms with Crippen LogP contribution >= 0.6 is 36.4 Å². The van der Waals surface area contributed by atoms with Crippen molar-refractivity contribution in [1.29, 1.82) is 0 Å². The molecule has 1 aliphatic carbocycles. The second-order valence-electron chi connectivity index (χ2n) is 8.03. The molecule has 3 N–H and O–H groups in total. The van der Waals surface area contributed by atoms with Gasteiger partial charge >= 0.3 is 0 Å². The third-order valence-corrected chi connectivity index (χ3v) is 6.35. The van der Waals surface area contributed by atoms with Gasteiger partial charge in [0.1, 0.15) is 0 Å². The molecule has 1 unspecified atom stereocenters. The van der Waals surface area contributed by atoms with Crippen LogP contribution in [0.4, 0.5) is 0 Å². The first-order valence-electron chi connectivity index (χ1n) is 9.42. The number of halogens is 3. The number of nitrogens with two attached hydrogens (primary N) is 1. The van der Waals surface area contributed by atoms with Gasteiger partial charge < -0.3 is 15.7 Å². The largest absolute Gasteiger partial charge is 0.389 e. The lowest BCUT2D eigenvalue weighted by Gasteiger charge is -2.44. The SMILES string of the molecule is CC1CCC(O)(C(CN2CCC(N)CC2)c2cccc(Cl)c2)CC1.Cl.Cl. The number of rotatable bonds is 4. The number of likely N-dealkylation sites (tertiary alicyclic amines) is 1. The monoisotopic (exact) mass is 422 g/mol. The van der Waals surface area contributed by atoms with Crippen molar-refractivity contribution < 1.29 is 5.11 Å². The van der Waals surface area contributed by atoms with Gasteiger partial charge in [-0.2, -0.15) is 0 Å². The van der Waals surface area contributed by atoms with Crippen molar-refractivity contribution in [2.45, 2.75) is 63.0 Å². The Kier molecular flexibility index (Phi) is 9.69. The van der Waals surface area contributed by atoms with Crippen LogP contribution in [0.2, 0.25) is 5.02 Å². The van der Waals surface area contributed by atoms with E-state index in [1.54, 1.807) is 0 Å². The Hall–Kier alpha value is -0.0300. The first kappa shape index (κ1) is 24.0. The van der Waals surface area contributed by atoms with Crippen molar-refractivity contribution in [2.24, 2.45) is 11.7 Å². The molecule has 1 aromatic carbocycles. The van der Waals surface area contributed by atoms with E-state index in [1.807, 2.05) is 18.2 Å². The summed E-state index contributed by atoms with van der Waals surface area (Å²) in [5.41, 5.74) is 6.61. The number of hydrogen-bond donors (Lipinski definition) is 2. The average molecular weight is 424 g/mol. The fourth-order valence-corrected chi connectivity index (χ4v) is 4.51. The van der Waals surface area contributed by atoms with Crippen LogP contribution in [0.5, 0.6) is 0 Å². The van der Waals surface area contributed by atoms with Crippen molar-refractivity contribution >= 4 is 36.4 Å². The van der Waals surface area contributed by atoms with E-state index in [2.05, 4.69) is 17.9 Å². The molecule has 0 aromatic heterocycles. The van der Waals surface area contributed by atoms with E-state index in [9.17, 15) is 5.11 Å². The van der Waals surface area contributed by atoms with E-state index in [0.717, 1.165) is 69.1 Å². The van der Waals surface area contributed by atoms with Gasteiger partial charge in [-0.15, -0.1) is 24.8 Å². The van der Waals surface area contributed by atoms with Gasteiger partial charge in [-0.1, -0.05) is 30.7 Å². The molecule has 1 atom stereocenters. The average Bonchev–Trinajstić information content (AvgIpc) is 2.57. The van der Waals surface area contributed by atoms with Crippen LogP contribution in [0.1, 0.15) is 56.9 Å². The highest BCUT2D eigenvalue weighted by Crippen LogP contribution is 2.42. The molecule has 2 fully saturated rings. The number of hydrogen-bond acceptors (Lipinski definition) is 3. The molecule has 0 amide bonds. The van der Waals surface area contributed by atoms with Crippen molar-refractivity contribution in [3.8, 4) is 0 Å². The maximum Gasteiger partial charge on any atom is 0.0728 e. The summed E-state index contributed by atoms with van der Waals surface area (Å²) in [5.74, 6) is 0.844. The van der Waals surface area contributed by atoms with Crippen LogP contribution in [-0.4, -0.2) is 41.3 Å². The lowest BCUT2D eigenvalue weighted by molar-refractivity contribution is -0.0412. The molecule has 26 heavy (non-hydrogen) atoms. The molecule has 3 rings (SSSR count). The van der Waals surface area contributed by atoms with Gasteiger partial charge in [0.05, 0.1) is 5.60 Å². The number of nitrogens with zero attached hydrogens (tertiary/aromatic N) is 1. The number of aliphatic hydroxyl groups is 1. The predicted octanol–water partition coefficient (Wildman–Crippen LogP) is 4.63. The highest BCUT2D eigenvalue weighted by molar-refractivity contribution is 6.30. The highest BCUT2D eigenvalue weighted by atomic mass is 35.5. The standard InChI is InChI=1S/C20H31ClN2O.2ClH/c1-15-5-9-20(24,10-6-15)19(16-3-2-4-17(21)13-16)14-23-11-7-18(22)8-12-23;;/h2-4,13,15,18-19,24H,5-12,14,22H2,1H3;2*1H. The Labute approximate surface area is 175 Å². The molecular formula is C20H33Cl3N2O. The quantitative estimate of drug-likeness (QED) is 0.742. The van der Waals surface area contributed by atoms with Crippen LogP contribution in [0.25, 0.3) is 0 Å². The zero-order chi connectivity index (χ0) is 17.2. The molecule has 1 saturated heterocycles. The lowest BCUT2D eigenvalue weighted by Crippen LogP contribution is -2.48. The van der Waals surface area contributed by atoms with E-state index >= 15 is 0 Å². The first-order chi connectivity index (χ1) is 11.5. The zero-order valence-corrected chi connectivity index (χ0v) is 18.0. The summed E-state index contributed by atoms with van der Waals surface area (Å²) in [6.45, 7) is 5.26. The maximum absolute atomic E-state index is 11.5. The van der Waals surface area contributed by atoms with E-state index in [-0.39, 0.29) is 30.7 Å². The minimum Gasteiger partial charge on any atom is -0.389 e. The van der Waals surface area contributed by atoms with Gasteiger partial charge in [-0.25, -0.2) is 0 Å². The smallest absolute Gasteiger partial charge is 0.0728 e. The Bertz CT molecular complexity index is 542. The molecule has 1 heterocycles. The van der Waals surface area contributed by atoms with Crippen LogP contribution < -0.4 is 5.73 Å². The maximum atomic E-state index is 11.5. The summed E-state index contributed by atoms with van der Waals surface area (Å²) >= 11 is 6.25. The van der Waals surface area contributed by atoms with E-state index < -0.39 is 5.60 Å². The molecule has 1 aromatic rings. The Morgan fingerprint density at radius 1 is 1.19 bits per heavy atom. The van der Waals surface area contributed by atoms with Crippen molar-refractivity contribution in [1.82, 2.24) is 4.90 Å². The molecule has 6 heteroatoms. The molecule has 0 spiro atoms. The molecule has 0 radical (unpaired) electrons. The number of benzene rings is 1. The van der Waals surface area contributed by atoms with Gasteiger partial charge in [0.25, 0.3) is 0 Å². The molecule has 0 bridgehead atoms. The highest BCUT2D eigenvalue weighted by Gasteiger charge is 2.41. The summed E-state index contributed by atoms with van der Waals surface area (Å²) < 4.78 is 0. The lowest BCUT2D eigenvalue weighted by atomic mass is 9.70. The first-order valence-corrected chi connectivity index (χ1v) is 9.80. The Morgan fingerprint density at radius 2 is 1.81 bits per heavy atom. The molecule has 150 valence electrons. The fourth-order valence-electron chi connectivity index (χ4n) is 4.31. The minimum atomic E-state index is -0.614. The predicted molar refractivity (Wildman–Crippen MR) is 115 cm³/mol. The molecule has 1 saturated carbocycles. The van der Waals surface area contributed by atoms with Gasteiger partial charge in [-0.05, 0) is 75.2 Å². The van der Waals surface area contributed by atoms with Crippen molar-refractivity contribution in [2.75, 3.05) is 19.6 Å². The summed E-state index contributed by atoms with van der Waals surface area (Å²) in [7, 11) is 0. The third kappa shape index (κ3) is 5.98. The van der Waals surface area contributed by atoms with Crippen molar-refractivity contribution in [3.63, 3.8) is 0 Å². The van der Waals surface area contributed by atoms with Crippen LogP contribution in [0, 0.1) is 5.92 Å². The molecule has 1 aliphatic heterocycles.